The predicted molar refractivity (Wildman–Crippen MR) is 325 cm³/mol. The number of carbonyl (C=O) groups excluding carboxylic acids is 6. The second kappa shape index (κ2) is 43.7. The van der Waals surface area contributed by atoms with E-state index in [1.807, 2.05) is 83.6 Å². The maximum Gasteiger partial charge on any atom is 0.326 e. The fraction of sp³-hybridized carbons (Fsp3) is 0.450. The smallest absolute Gasteiger partial charge is 0.326 e. The molecule has 33 nitrogen and oxygen atoms in total. The van der Waals surface area contributed by atoms with Crippen LogP contribution in [-0.4, -0.2) is 191 Å². The molecule has 3 aromatic rings. The van der Waals surface area contributed by atoms with E-state index in [0.717, 1.165) is 27.8 Å². The molecule has 0 fully saturated rings. The number of urea groups is 3. The summed E-state index contributed by atoms with van der Waals surface area (Å²) in [6.45, 7) is 6.56. The number of carboxylic acids is 9. The summed E-state index contributed by atoms with van der Waals surface area (Å²) in [7, 11) is 0. The lowest BCUT2D eigenvalue weighted by Gasteiger charge is -2.18. The van der Waals surface area contributed by atoms with E-state index in [1.54, 1.807) is 19.1 Å². The zero-order valence-corrected chi connectivity index (χ0v) is 51.6. The van der Waals surface area contributed by atoms with Gasteiger partial charge in [0.1, 0.15) is 42.1 Å². The third-order valence-electron chi connectivity index (χ3n) is 13.1. The maximum absolute atomic E-state index is 13.8. The van der Waals surface area contributed by atoms with Crippen LogP contribution in [0.3, 0.4) is 0 Å². The largest absolute Gasteiger partial charge is 0.481 e. The highest BCUT2D eigenvalue weighted by molar-refractivity contribution is 5.89. The Hall–Kier alpha value is -11.0. The van der Waals surface area contributed by atoms with Crippen molar-refractivity contribution in [3.8, 4) is 0 Å². The third-order valence-corrected chi connectivity index (χ3v) is 13.1. The van der Waals surface area contributed by atoms with Crippen LogP contribution in [0, 0.1) is 26.6 Å². The molecule has 0 saturated heterocycles. The number of nitrogens with one attached hydrogen (secondary N) is 9. The SMILES string of the molecule is Cc1ccc(CCNC(=O)CC[C@H](NC(=O)N[C@@H](CCC(=O)O)C(=O)O)C(=O)O)c(F)c1.Cc1ccc(CCNC(=O)CC[C@H](NC(=O)N[C@@H](CCC(=O)O)C(=O)O)C(=O)O)cc1.Cc1cccc(CCNC(=O)CC[C@H](NC(=O)N[C@@H](CCC(=O)O)C(=O)O)C(=O)O)c1. The Labute approximate surface area is 537 Å². The monoisotopic (exact) mass is 1330 g/mol. The topological polar surface area (TPSA) is 546 Å². The van der Waals surface area contributed by atoms with Gasteiger partial charge in [-0.15, -0.1) is 0 Å². The molecule has 34 heteroatoms. The van der Waals surface area contributed by atoms with Gasteiger partial charge in [0.05, 0.1) is 0 Å². The average molecular weight is 1330 g/mol. The minimum Gasteiger partial charge on any atom is -0.481 e. The summed E-state index contributed by atoms with van der Waals surface area (Å²) in [6.07, 6.45) is -2.37. The molecule has 0 unspecified atom stereocenters. The van der Waals surface area contributed by atoms with E-state index in [1.165, 1.54) is 6.07 Å². The Morgan fingerprint density at radius 3 is 0.926 bits per heavy atom. The van der Waals surface area contributed by atoms with Gasteiger partial charge in [-0.1, -0.05) is 71.8 Å². The summed E-state index contributed by atoms with van der Waals surface area (Å²) in [6, 6.07) is 8.25. The van der Waals surface area contributed by atoms with Gasteiger partial charge in [-0.25, -0.2) is 47.5 Å². The maximum atomic E-state index is 13.8. The van der Waals surface area contributed by atoms with Crippen molar-refractivity contribution in [1.82, 2.24) is 47.9 Å². The first-order valence-electron chi connectivity index (χ1n) is 29.1. The van der Waals surface area contributed by atoms with Crippen molar-refractivity contribution in [2.45, 2.75) is 153 Å². The van der Waals surface area contributed by atoms with Crippen LogP contribution in [0.1, 0.15) is 110 Å². The number of amides is 9. The minimum atomic E-state index is -1.52. The number of aliphatic carboxylic acids is 9. The lowest BCUT2D eigenvalue weighted by molar-refractivity contribution is -0.142. The standard InChI is InChI=1S/C20H26FN3O8.2C20H27N3O8/c1-11-2-3-12(13(21)10-11)8-9-22-16(25)6-4-14(18(28)29)23-20(32)24-15(19(30)31)5-7-17(26)27;1-12-2-4-13(5-3-12)10-11-21-16(24)8-6-14(18(27)28)22-20(31)23-15(19(29)30)7-9-17(25)26;1-12-3-2-4-13(11-12)9-10-21-16(24)7-5-14(18(27)28)22-20(31)23-15(19(29)30)6-8-17(25)26/h2-3,10,14-15H,4-9H2,1H3,(H,22,25)(H,26,27)(H,28,29)(H,30,31)(H2,23,24,32);2-5,14-15H,6-11H2,1H3,(H,21,24)(H,25,26)(H,27,28)(H,29,30)(H2,22,23,31);2-4,11,14-15H,5-10H2,1H3,(H,21,24)(H,25,26)(H,27,28)(H,29,30)(H2,22,23,31)/t3*14-,15-/m000/s1. The summed E-state index contributed by atoms with van der Waals surface area (Å²) in [4.78, 5) is 171. The van der Waals surface area contributed by atoms with Crippen LogP contribution in [0.25, 0.3) is 0 Å². The molecular formula is C60H80FN9O24. The van der Waals surface area contributed by atoms with Gasteiger partial charge < -0.3 is 93.8 Å². The van der Waals surface area contributed by atoms with Gasteiger partial charge in [-0.3, -0.25) is 28.8 Å². The van der Waals surface area contributed by atoms with Gasteiger partial charge in [0.15, 0.2) is 0 Å². The van der Waals surface area contributed by atoms with Crippen LogP contribution in [0.4, 0.5) is 18.8 Å². The molecule has 18 N–H and O–H groups in total. The second-order valence-electron chi connectivity index (χ2n) is 21.0. The Morgan fingerprint density at radius 1 is 0.340 bits per heavy atom. The van der Waals surface area contributed by atoms with Crippen molar-refractivity contribution in [3.05, 3.63) is 106 Å². The predicted octanol–water partition coefficient (Wildman–Crippen LogP) is 1.65. The van der Waals surface area contributed by atoms with Crippen LogP contribution in [-0.2, 0) is 76.8 Å². The Kier molecular flexibility index (Phi) is 37.7. The van der Waals surface area contributed by atoms with E-state index >= 15 is 0 Å². The van der Waals surface area contributed by atoms with Crippen molar-refractivity contribution >= 4 is 89.5 Å². The van der Waals surface area contributed by atoms with E-state index in [-0.39, 0.29) is 88.4 Å². The molecule has 0 aliphatic rings. The minimum absolute atomic E-state index is 0.133. The Balaban J connectivity index is 0.000000705. The van der Waals surface area contributed by atoms with Gasteiger partial charge in [0, 0.05) is 58.2 Å². The van der Waals surface area contributed by atoms with Crippen LogP contribution in [0.5, 0.6) is 0 Å². The zero-order valence-electron chi connectivity index (χ0n) is 51.6. The van der Waals surface area contributed by atoms with Crippen LogP contribution in [0.15, 0.2) is 66.7 Å². The van der Waals surface area contributed by atoms with E-state index in [0.29, 0.717) is 31.5 Å². The van der Waals surface area contributed by atoms with E-state index in [9.17, 15) is 91.6 Å². The molecule has 0 spiro atoms. The number of carboxylic acid groups (broad SMARTS) is 9. The van der Waals surface area contributed by atoms with Gasteiger partial charge >= 0.3 is 71.8 Å². The lowest BCUT2D eigenvalue weighted by Crippen LogP contribution is -2.51. The van der Waals surface area contributed by atoms with E-state index in [4.69, 9.17) is 30.6 Å². The summed E-state index contributed by atoms with van der Waals surface area (Å²) in [5, 5.41) is 101. The Morgan fingerprint density at radius 2 is 0.628 bits per heavy atom. The molecule has 0 bridgehead atoms. The molecule has 9 amide bonds. The van der Waals surface area contributed by atoms with Gasteiger partial charge in [-0.05, 0) is 107 Å². The molecule has 3 rings (SSSR count). The van der Waals surface area contributed by atoms with Gasteiger partial charge in [-0.2, -0.15) is 0 Å². The van der Waals surface area contributed by atoms with Crippen molar-refractivity contribution < 1.29 is 122 Å². The first-order valence-corrected chi connectivity index (χ1v) is 29.1. The number of rotatable bonds is 39. The molecule has 0 heterocycles. The number of carbonyl (C=O) groups is 15. The van der Waals surface area contributed by atoms with Gasteiger partial charge in [0.2, 0.25) is 17.7 Å². The average Bonchev–Trinajstić information content (AvgIpc) is 1.73. The quantitative estimate of drug-likeness (QED) is 0.0386. The molecule has 94 heavy (non-hydrogen) atoms. The third kappa shape index (κ3) is 37.3. The first kappa shape index (κ1) is 81.1. The molecule has 0 aliphatic carbocycles. The molecule has 0 aliphatic heterocycles. The fourth-order valence-corrected chi connectivity index (χ4v) is 8.02. The summed E-state index contributed by atoms with van der Waals surface area (Å²) in [5.74, 6) is -14.0. The number of hydrogen-bond donors (Lipinski definition) is 18. The van der Waals surface area contributed by atoms with Crippen molar-refractivity contribution in [2.75, 3.05) is 19.6 Å². The molecule has 0 saturated carbocycles. The van der Waals surface area contributed by atoms with Crippen molar-refractivity contribution in [2.24, 2.45) is 0 Å². The summed E-state index contributed by atoms with van der Waals surface area (Å²) >= 11 is 0. The van der Waals surface area contributed by atoms with Crippen LogP contribution < -0.4 is 47.9 Å². The molecule has 0 aromatic heterocycles. The van der Waals surface area contributed by atoms with E-state index < -0.39 is 133 Å². The highest BCUT2D eigenvalue weighted by Gasteiger charge is 2.29. The molecule has 3 aromatic carbocycles. The zero-order chi connectivity index (χ0) is 71.0. The summed E-state index contributed by atoms with van der Waals surface area (Å²) < 4.78 is 13.8. The van der Waals surface area contributed by atoms with Crippen LogP contribution >= 0.6 is 0 Å². The second-order valence-corrected chi connectivity index (χ2v) is 21.0. The van der Waals surface area contributed by atoms with Crippen LogP contribution in [0.2, 0.25) is 0 Å². The highest BCUT2D eigenvalue weighted by Crippen LogP contribution is 2.12. The lowest BCUT2D eigenvalue weighted by atomic mass is 10.1. The highest BCUT2D eigenvalue weighted by atomic mass is 19.1. The van der Waals surface area contributed by atoms with E-state index in [2.05, 4.69) is 26.6 Å². The number of aryl methyl sites for hydroxylation is 3. The summed E-state index contributed by atoms with van der Waals surface area (Å²) in [5.41, 5.74) is 5.52. The fourth-order valence-electron chi connectivity index (χ4n) is 8.02. The molecule has 516 valence electrons. The van der Waals surface area contributed by atoms with Crippen molar-refractivity contribution in [3.63, 3.8) is 0 Å². The normalized spacial score (nSPS) is 12.3. The number of benzene rings is 3. The first-order chi connectivity index (χ1) is 44.1. The van der Waals surface area contributed by atoms with Gasteiger partial charge in [0.25, 0.3) is 0 Å². The van der Waals surface area contributed by atoms with Crippen molar-refractivity contribution in [1.29, 1.82) is 0 Å². The molecular weight excluding hydrogens is 1250 g/mol. The molecule has 6 atom stereocenters. The number of halogens is 1. The number of hydrogen-bond acceptors (Lipinski definition) is 15. The molecule has 0 radical (unpaired) electrons. The Bertz CT molecular complexity index is 3110.